The van der Waals surface area contributed by atoms with Crippen LogP contribution >= 0.6 is 0 Å². The second kappa shape index (κ2) is 3.78. The van der Waals surface area contributed by atoms with Gasteiger partial charge >= 0.3 is 5.97 Å². The van der Waals surface area contributed by atoms with Crippen LogP contribution in [0.3, 0.4) is 0 Å². The summed E-state index contributed by atoms with van der Waals surface area (Å²) in [5.41, 5.74) is 1.85. The van der Waals surface area contributed by atoms with Gasteiger partial charge in [-0.3, -0.25) is 0 Å². The quantitative estimate of drug-likeness (QED) is 0.314. The van der Waals surface area contributed by atoms with Gasteiger partial charge in [-0.1, -0.05) is 12.3 Å². The van der Waals surface area contributed by atoms with Gasteiger partial charge < -0.3 is 20.4 Å². The van der Waals surface area contributed by atoms with E-state index in [1.807, 2.05) is 5.73 Å². The van der Waals surface area contributed by atoms with Crippen molar-refractivity contribution in [3.63, 3.8) is 0 Å². The molecule has 0 rings (SSSR count). The van der Waals surface area contributed by atoms with E-state index in [2.05, 4.69) is 6.58 Å². The molecular formula is C6H8O5. The van der Waals surface area contributed by atoms with Gasteiger partial charge in [0.25, 0.3) is 0 Å². The Kier molecular flexibility index (Phi) is 3.33. The molecule has 0 bridgehead atoms. The smallest absolute Gasteiger partial charge is 0.335 e. The van der Waals surface area contributed by atoms with E-state index in [0.717, 1.165) is 0 Å². The fourth-order valence-corrected chi connectivity index (χ4v) is 0.389. The lowest BCUT2D eigenvalue weighted by molar-refractivity contribution is -0.152. The van der Waals surface area contributed by atoms with Gasteiger partial charge in [0, 0.05) is 0 Å². The van der Waals surface area contributed by atoms with E-state index in [0.29, 0.717) is 0 Å². The normalized spacial score (nSPS) is 14.7. The van der Waals surface area contributed by atoms with Crippen LogP contribution in [0.15, 0.2) is 18.1 Å². The molecule has 5 nitrogen and oxygen atoms in total. The monoisotopic (exact) mass is 160 g/mol. The molecule has 0 aliphatic heterocycles. The third kappa shape index (κ3) is 2.43. The Morgan fingerprint density at radius 2 is 1.73 bits per heavy atom. The molecule has 0 amide bonds. The van der Waals surface area contributed by atoms with Crippen molar-refractivity contribution in [2.24, 2.45) is 0 Å². The molecule has 5 heteroatoms. The lowest BCUT2D eigenvalue weighted by Crippen LogP contribution is -2.34. The molecule has 0 aromatic heterocycles. The standard InChI is InChI=1S/C6H8O5/c1-2-3(7)4(8)5(9)6(10)11/h4-5,7-9H,1H2,(H,10,11)/t4-,5+/m0/s1. The molecule has 4 N–H and O–H groups in total. The second-order valence-electron chi connectivity index (χ2n) is 1.79. The van der Waals surface area contributed by atoms with Crippen LogP contribution in [0.25, 0.3) is 0 Å². The van der Waals surface area contributed by atoms with Gasteiger partial charge in [-0.2, -0.15) is 0 Å². The molecule has 0 aliphatic carbocycles. The number of carboxylic acid groups (broad SMARTS) is 1. The van der Waals surface area contributed by atoms with Crippen molar-refractivity contribution < 1.29 is 25.2 Å². The zero-order valence-electron chi connectivity index (χ0n) is 5.56. The van der Waals surface area contributed by atoms with Crippen molar-refractivity contribution in [3.8, 4) is 0 Å². The fraction of sp³-hybridized carbons (Fsp3) is 0.333. The average Bonchev–Trinajstić information content (AvgIpc) is 2.00. The Hall–Kier alpha value is -1.29. The van der Waals surface area contributed by atoms with Crippen molar-refractivity contribution in [2.45, 2.75) is 12.2 Å². The zero-order valence-corrected chi connectivity index (χ0v) is 5.56. The molecule has 2 atom stereocenters. The molecule has 0 unspecified atom stereocenters. The van der Waals surface area contributed by atoms with Gasteiger partial charge in [-0.05, 0) is 0 Å². The summed E-state index contributed by atoms with van der Waals surface area (Å²) in [6, 6.07) is 0. The molecule has 0 aromatic carbocycles. The van der Waals surface area contributed by atoms with Crippen LogP contribution in [0.1, 0.15) is 0 Å². The zero-order chi connectivity index (χ0) is 9.02. The SMILES string of the molecule is C=C=C(O)[C@H](O)[C@@H](O)C(=O)O. The highest BCUT2D eigenvalue weighted by Gasteiger charge is 2.26. The van der Waals surface area contributed by atoms with Gasteiger partial charge in [-0.15, -0.1) is 0 Å². The number of carboxylic acids is 1. The number of carbonyl (C=O) groups is 1. The topological polar surface area (TPSA) is 98.0 Å². The lowest BCUT2D eigenvalue weighted by Gasteiger charge is -2.10. The van der Waals surface area contributed by atoms with E-state index >= 15 is 0 Å². The Morgan fingerprint density at radius 1 is 1.27 bits per heavy atom. The van der Waals surface area contributed by atoms with Crippen LogP contribution in [0.4, 0.5) is 0 Å². The molecule has 11 heavy (non-hydrogen) atoms. The molecule has 0 aromatic rings. The minimum Gasteiger partial charge on any atom is -0.502 e. The summed E-state index contributed by atoms with van der Waals surface area (Å²) in [5, 5.41) is 34.1. The van der Waals surface area contributed by atoms with Crippen molar-refractivity contribution in [2.75, 3.05) is 0 Å². The summed E-state index contributed by atoms with van der Waals surface area (Å²) < 4.78 is 0. The molecule has 0 radical (unpaired) electrons. The van der Waals surface area contributed by atoms with Crippen LogP contribution < -0.4 is 0 Å². The fourth-order valence-electron chi connectivity index (χ4n) is 0.389. The van der Waals surface area contributed by atoms with E-state index in [4.69, 9.17) is 20.4 Å². The van der Waals surface area contributed by atoms with Crippen LogP contribution in [0.5, 0.6) is 0 Å². The van der Waals surface area contributed by atoms with E-state index in [9.17, 15) is 4.79 Å². The largest absolute Gasteiger partial charge is 0.502 e. The average molecular weight is 160 g/mol. The van der Waals surface area contributed by atoms with Gasteiger partial charge in [-0.25, -0.2) is 4.79 Å². The van der Waals surface area contributed by atoms with Gasteiger partial charge in [0.05, 0.1) is 0 Å². The molecule has 0 aliphatic rings. The maximum Gasteiger partial charge on any atom is 0.335 e. The summed E-state index contributed by atoms with van der Waals surface area (Å²) in [4.78, 5) is 9.98. The molecule has 0 spiro atoms. The van der Waals surface area contributed by atoms with E-state index in [1.165, 1.54) is 0 Å². The Labute approximate surface area is 62.5 Å². The number of aliphatic hydroxyl groups is 3. The molecule has 0 heterocycles. The van der Waals surface area contributed by atoms with Crippen LogP contribution in [0.2, 0.25) is 0 Å². The molecule has 62 valence electrons. The first-order valence-corrected chi connectivity index (χ1v) is 2.68. The highest BCUT2D eigenvalue weighted by Crippen LogP contribution is 2.01. The minimum atomic E-state index is -2.05. The highest BCUT2D eigenvalue weighted by atomic mass is 16.4. The second-order valence-corrected chi connectivity index (χ2v) is 1.79. The highest BCUT2D eigenvalue weighted by molar-refractivity contribution is 5.73. The summed E-state index contributed by atoms with van der Waals surface area (Å²) in [5.74, 6) is -2.42. The van der Waals surface area contributed by atoms with Gasteiger partial charge in [0.15, 0.2) is 18.0 Å². The third-order valence-corrected chi connectivity index (χ3v) is 1.01. The van der Waals surface area contributed by atoms with Crippen molar-refractivity contribution in [3.05, 3.63) is 18.1 Å². The van der Waals surface area contributed by atoms with E-state index in [-0.39, 0.29) is 0 Å². The van der Waals surface area contributed by atoms with Crippen LogP contribution in [-0.4, -0.2) is 38.6 Å². The number of hydrogen-bond donors (Lipinski definition) is 4. The maximum atomic E-state index is 9.98. The summed E-state index contributed by atoms with van der Waals surface area (Å²) in [7, 11) is 0. The van der Waals surface area contributed by atoms with Crippen LogP contribution in [-0.2, 0) is 4.79 Å². The van der Waals surface area contributed by atoms with Gasteiger partial charge in [0.2, 0.25) is 0 Å². The molecular weight excluding hydrogens is 152 g/mol. The van der Waals surface area contributed by atoms with Crippen molar-refractivity contribution >= 4 is 5.97 Å². The number of hydrogen-bond acceptors (Lipinski definition) is 4. The third-order valence-electron chi connectivity index (χ3n) is 1.01. The maximum absolute atomic E-state index is 9.98. The number of aliphatic hydroxyl groups excluding tert-OH is 3. The summed E-state index contributed by atoms with van der Waals surface area (Å²) in [6.07, 6.45) is -3.92. The van der Waals surface area contributed by atoms with Crippen molar-refractivity contribution in [1.82, 2.24) is 0 Å². The number of aliphatic carboxylic acids is 1. The van der Waals surface area contributed by atoms with Gasteiger partial charge in [0.1, 0.15) is 0 Å². The first-order valence-electron chi connectivity index (χ1n) is 2.68. The Morgan fingerprint density at radius 3 is 2.00 bits per heavy atom. The molecule has 0 saturated carbocycles. The minimum absolute atomic E-state index is 0.792. The van der Waals surface area contributed by atoms with E-state index < -0.39 is 23.9 Å². The Balaban J connectivity index is 4.36. The molecule has 0 saturated heterocycles. The summed E-state index contributed by atoms with van der Waals surface area (Å²) in [6.45, 7) is 2.95. The predicted molar refractivity (Wildman–Crippen MR) is 34.9 cm³/mol. The summed E-state index contributed by atoms with van der Waals surface area (Å²) >= 11 is 0. The Bertz CT molecular complexity index is 203. The van der Waals surface area contributed by atoms with E-state index in [1.54, 1.807) is 0 Å². The number of rotatable bonds is 3. The molecule has 0 fully saturated rings. The van der Waals surface area contributed by atoms with Crippen LogP contribution in [0, 0.1) is 0 Å². The first-order chi connectivity index (χ1) is 5.00. The van der Waals surface area contributed by atoms with Crippen molar-refractivity contribution in [1.29, 1.82) is 0 Å². The lowest BCUT2D eigenvalue weighted by atomic mass is 10.2. The first kappa shape index (κ1) is 9.71. The predicted octanol–water partition coefficient (Wildman–Crippen LogP) is -0.980.